The maximum atomic E-state index is 12.7. The van der Waals surface area contributed by atoms with Crippen LogP contribution in [0.25, 0.3) is 11.3 Å². The monoisotopic (exact) mass is 432 g/mol. The number of alkyl halides is 3. The normalized spacial score (nSPS) is 11.4. The molecule has 0 atom stereocenters. The zero-order chi connectivity index (χ0) is 22.3. The number of anilines is 3. The molecule has 0 aliphatic rings. The molecule has 2 heterocycles. The number of rotatable bonds is 9. The van der Waals surface area contributed by atoms with E-state index in [0.29, 0.717) is 24.0 Å². The lowest BCUT2D eigenvalue weighted by Gasteiger charge is -2.15. The van der Waals surface area contributed by atoms with Crippen molar-refractivity contribution >= 4 is 17.5 Å². The number of hydrogen-bond acceptors (Lipinski definition) is 7. The van der Waals surface area contributed by atoms with Crippen molar-refractivity contribution in [2.24, 2.45) is 0 Å². The van der Waals surface area contributed by atoms with Gasteiger partial charge in [0.1, 0.15) is 5.82 Å². The first-order valence-electron chi connectivity index (χ1n) is 9.60. The van der Waals surface area contributed by atoms with Gasteiger partial charge >= 0.3 is 6.36 Å². The Morgan fingerprint density at radius 2 is 1.87 bits per heavy atom. The maximum Gasteiger partial charge on any atom is 0.573 e. The minimum Gasteiger partial charge on any atom is -0.404 e. The summed E-state index contributed by atoms with van der Waals surface area (Å²) in [7, 11) is 3.98. The molecule has 31 heavy (non-hydrogen) atoms. The van der Waals surface area contributed by atoms with Crippen LogP contribution in [0.5, 0.6) is 5.75 Å². The minimum absolute atomic E-state index is 0.134. The van der Waals surface area contributed by atoms with Crippen LogP contribution in [0.4, 0.5) is 30.6 Å². The number of halogens is 3. The van der Waals surface area contributed by atoms with E-state index in [-0.39, 0.29) is 11.4 Å². The summed E-state index contributed by atoms with van der Waals surface area (Å²) in [6.07, 6.45) is -0.625. The third-order valence-electron chi connectivity index (χ3n) is 4.12. The van der Waals surface area contributed by atoms with Crippen LogP contribution >= 0.6 is 0 Å². The van der Waals surface area contributed by atoms with Crippen LogP contribution in [0.2, 0.25) is 0 Å². The Morgan fingerprint density at radius 3 is 2.58 bits per heavy atom. The van der Waals surface area contributed by atoms with E-state index in [2.05, 4.69) is 35.2 Å². The second-order valence-electron chi connectivity index (χ2n) is 6.96. The number of benzene rings is 1. The van der Waals surface area contributed by atoms with Gasteiger partial charge in [0.05, 0.1) is 11.4 Å². The lowest BCUT2D eigenvalue weighted by molar-refractivity contribution is -0.274. The number of pyridine rings is 1. The topological polar surface area (TPSA) is 75.2 Å². The fourth-order valence-electron chi connectivity index (χ4n) is 2.77. The van der Waals surface area contributed by atoms with E-state index < -0.39 is 6.36 Å². The largest absolute Gasteiger partial charge is 0.573 e. The molecule has 3 rings (SSSR count). The highest BCUT2D eigenvalue weighted by Gasteiger charge is 2.32. The molecule has 0 saturated carbocycles. The van der Waals surface area contributed by atoms with Crippen molar-refractivity contribution in [2.75, 3.05) is 37.8 Å². The zero-order valence-corrected chi connectivity index (χ0v) is 17.1. The van der Waals surface area contributed by atoms with Crippen LogP contribution < -0.4 is 15.4 Å². The van der Waals surface area contributed by atoms with Gasteiger partial charge in [-0.1, -0.05) is 12.1 Å². The van der Waals surface area contributed by atoms with E-state index in [9.17, 15) is 13.2 Å². The average molecular weight is 432 g/mol. The van der Waals surface area contributed by atoms with E-state index in [1.165, 1.54) is 18.2 Å². The van der Waals surface area contributed by atoms with Gasteiger partial charge in [-0.2, -0.15) is 4.98 Å². The molecule has 7 nitrogen and oxygen atoms in total. The van der Waals surface area contributed by atoms with Crippen LogP contribution in [0.15, 0.2) is 54.9 Å². The third-order valence-corrected chi connectivity index (χ3v) is 4.12. The predicted octanol–water partition coefficient (Wildman–Crippen LogP) is 4.54. The minimum atomic E-state index is -4.80. The molecule has 0 bridgehead atoms. The first-order chi connectivity index (χ1) is 14.8. The Morgan fingerprint density at radius 1 is 1.06 bits per heavy atom. The first-order valence-corrected chi connectivity index (χ1v) is 9.60. The Balaban J connectivity index is 1.88. The number of para-hydroxylation sites is 2. The summed E-state index contributed by atoms with van der Waals surface area (Å²) >= 11 is 0. The molecule has 10 heteroatoms. The summed E-state index contributed by atoms with van der Waals surface area (Å²) in [5.41, 5.74) is 1.47. The Hall–Kier alpha value is -3.40. The van der Waals surface area contributed by atoms with E-state index in [0.717, 1.165) is 18.5 Å². The highest BCUT2D eigenvalue weighted by Crippen LogP contribution is 2.32. The van der Waals surface area contributed by atoms with Crippen molar-refractivity contribution in [1.29, 1.82) is 0 Å². The van der Waals surface area contributed by atoms with Crippen LogP contribution in [-0.2, 0) is 0 Å². The van der Waals surface area contributed by atoms with Crippen molar-refractivity contribution in [3.05, 3.63) is 54.9 Å². The molecule has 0 saturated heterocycles. The summed E-state index contributed by atoms with van der Waals surface area (Å²) in [5.74, 6) is 0.330. The SMILES string of the molecule is CN(C)CCCNc1nc(Nc2ccccc2OC(F)(F)F)cc(-c2cccnc2)n1. The highest BCUT2D eigenvalue weighted by atomic mass is 19.4. The van der Waals surface area contributed by atoms with Crippen LogP contribution in [0.3, 0.4) is 0 Å². The molecule has 1 aromatic carbocycles. The number of nitrogens with zero attached hydrogens (tertiary/aromatic N) is 4. The van der Waals surface area contributed by atoms with Crippen molar-refractivity contribution in [1.82, 2.24) is 19.9 Å². The van der Waals surface area contributed by atoms with Gasteiger partial charge < -0.3 is 20.3 Å². The molecule has 0 amide bonds. The van der Waals surface area contributed by atoms with Gasteiger partial charge in [-0.3, -0.25) is 4.98 Å². The Bertz CT molecular complexity index is 982. The molecule has 3 aromatic rings. The van der Waals surface area contributed by atoms with Gasteiger partial charge in [0.25, 0.3) is 0 Å². The van der Waals surface area contributed by atoms with Gasteiger partial charge in [-0.05, 0) is 51.3 Å². The highest BCUT2D eigenvalue weighted by molar-refractivity contribution is 5.69. The summed E-state index contributed by atoms with van der Waals surface area (Å²) in [5, 5.41) is 6.08. The standard InChI is InChI=1S/C21H23F3N6O/c1-30(2)12-6-11-26-20-28-17(15-7-5-10-25-14-15)13-19(29-20)27-16-8-3-4-9-18(16)31-21(22,23)24/h3-5,7-10,13-14H,6,11-12H2,1-2H3,(H2,26,27,28,29). The van der Waals surface area contributed by atoms with Crippen molar-refractivity contribution in [3.63, 3.8) is 0 Å². The average Bonchev–Trinajstić information content (AvgIpc) is 2.72. The van der Waals surface area contributed by atoms with Crippen molar-refractivity contribution in [2.45, 2.75) is 12.8 Å². The fourth-order valence-corrected chi connectivity index (χ4v) is 2.77. The maximum absolute atomic E-state index is 12.7. The molecule has 0 unspecified atom stereocenters. The van der Waals surface area contributed by atoms with Crippen LogP contribution in [0.1, 0.15) is 6.42 Å². The van der Waals surface area contributed by atoms with Crippen LogP contribution in [-0.4, -0.2) is 53.4 Å². The molecule has 0 aliphatic heterocycles. The third kappa shape index (κ3) is 7.10. The summed E-state index contributed by atoms with van der Waals surface area (Å²) in [6, 6.07) is 11.1. The summed E-state index contributed by atoms with van der Waals surface area (Å²) in [4.78, 5) is 15.1. The van der Waals surface area contributed by atoms with Gasteiger partial charge in [-0.25, -0.2) is 4.98 Å². The zero-order valence-electron chi connectivity index (χ0n) is 17.1. The molecule has 164 valence electrons. The van der Waals surface area contributed by atoms with Gasteiger partial charge in [0, 0.05) is 30.6 Å². The fraction of sp³-hybridized carbons (Fsp3) is 0.286. The molecule has 2 N–H and O–H groups in total. The van der Waals surface area contributed by atoms with Crippen LogP contribution in [0, 0.1) is 0 Å². The van der Waals surface area contributed by atoms with E-state index in [1.54, 1.807) is 30.6 Å². The summed E-state index contributed by atoms with van der Waals surface area (Å²) < 4.78 is 42.3. The smallest absolute Gasteiger partial charge is 0.404 e. The van der Waals surface area contributed by atoms with Gasteiger partial charge in [-0.15, -0.1) is 13.2 Å². The molecule has 0 radical (unpaired) electrons. The molecular weight excluding hydrogens is 409 g/mol. The number of ether oxygens (including phenoxy) is 1. The number of nitrogens with one attached hydrogen (secondary N) is 2. The van der Waals surface area contributed by atoms with E-state index in [4.69, 9.17) is 0 Å². The summed E-state index contributed by atoms with van der Waals surface area (Å²) in [6.45, 7) is 1.53. The predicted molar refractivity (Wildman–Crippen MR) is 113 cm³/mol. The Labute approximate surface area is 178 Å². The molecule has 2 aromatic heterocycles. The molecular formula is C21H23F3N6O. The van der Waals surface area contributed by atoms with Crippen molar-refractivity contribution < 1.29 is 17.9 Å². The van der Waals surface area contributed by atoms with Gasteiger partial charge in [0.15, 0.2) is 5.75 Å². The molecule has 0 spiro atoms. The van der Waals surface area contributed by atoms with Gasteiger partial charge in [0.2, 0.25) is 5.95 Å². The second kappa shape index (κ2) is 10.1. The molecule has 0 aliphatic carbocycles. The quantitative estimate of drug-likeness (QED) is 0.481. The van der Waals surface area contributed by atoms with E-state index in [1.807, 2.05) is 20.2 Å². The number of hydrogen-bond donors (Lipinski definition) is 2. The lowest BCUT2D eigenvalue weighted by Crippen LogP contribution is -2.18. The second-order valence-corrected chi connectivity index (χ2v) is 6.96. The molecule has 0 fully saturated rings. The van der Waals surface area contributed by atoms with E-state index >= 15 is 0 Å². The lowest BCUT2D eigenvalue weighted by atomic mass is 10.2. The number of aromatic nitrogens is 3. The van der Waals surface area contributed by atoms with Crippen molar-refractivity contribution in [3.8, 4) is 17.0 Å². The first kappa shape index (κ1) is 22.3. The Kier molecular flexibility index (Phi) is 7.24.